The Morgan fingerprint density at radius 2 is 1.04 bits per heavy atom. The third-order valence-electron chi connectivity index (χ3n) is 7.58. The summed E-state index contributed by atoms with van der Waals surface area (Å²) in [5, 5.41) is 8.49. The zero-order valence-electron chi connectivity index (χ0n) is 23.6. The number of alkyl halides is 17. The zero-order chi connectivity index (χ0) is 36.8. The van der Waals surface area contributed by atoms with Crippen LogP contribution in [0.5, 0.6) is 0 Å². The van der Waals surface area contributed by atoms with Crippen molar-refractivity contribution in [1.29, 1.82) is 0 Å². The molecule has 6 nitrogen and oxygen atoms in total. The van der Waals surface area contributed by atoms with Gasteiger partial charge < -0.3 is 9.84 Å². The lowest BCUT2D eigenvalue weighted by atomic mass is 9.68. The van der Waals surface area contributed by atoms with E-state index in [1.165, 1.54) is 10.9 Å². The topological polar surface area (TPSA) is 87.7 Å². The quantitative estimate of drug-likeness (QED) is 0.147. The molecule has 272 valence electrons. The molecule has 1 fully saturated rings. The Morgan fingerprint density at radius 1 is 0.652 bits per heavy atom. The van der Waals surface area contributed by atoms with Crippen LogP contribution in [-0.2, 0) is 4.74 Å². The van der Waals surface area contributed by atoms with Gasteiger partial charge in [-0.05, 0) is 49.4 Å². The van der Waals surface area contributed by atoms with E-state index in [1.807, 2.05) is 0 Å². The van der Waals surface area contributed by atoms with Crippen LogP contribution < -0.4 is 10.9 Å². The van der Waals surface area contributed by atoms with E-state index in [2.05, 4.69) is 0 Å². The van der Waals surface area contributed by atoms with Gasteiger partial charge in [0.2, 0.25) is 0 Å². The molecule has 0 aromatic rings. The number of carbonyl (C=O) groups is 2. The largest absolute Gasteiger partial charge is 0.464 e. The van der Waals surface area contributed by atoms with Crippen molar-refractivity contribution in [2.45, 2.75) is 113 Å². The van der Waals surface area contributed by atoms with Crippen molar-refractivity contribution in [3.05, 3.63) is 0 Å². The van der Waals surface area contributed by atoms with Crippen LogP contribution in [0.15, 0.2) is 0 Å². The molecule has 1 atom stereocenters. The molecule has 0 spiro atoms. The predicted octanol–water partition coefficient (Wildman–Crippen LogP) is 8.91. The first-order chi connectivity index (χ1) is 20.1. The van der Waals surface area contributed by atoms with Crippen LogP contribution in [0.25, 0.3) is 0 Å². The van der Waals surface area contributed by atoms with E-state index in [-0.39, 0.29) is 37.0 Å². The second kappa shape index (κ2) is 12.8. The summed E-state index contributed by atoms with van der Waals surface area (Å²) < 4.78 is 235. The van der Waals surface area contributed by atoms with Crippen molar-refractivity contribution in [3.63, 3.8) is 0 Å². The minimum atomic E-state index is -8.73. The van der Waals surface area contributed by atoms with E-state index in [9.17, 15) is 84.2 Å². The monoisotopic (exact) mass is 718 g/mol. The van der Waals surface area contributed by atoms with E-state index >= 15 is 0 Å². The molecule has 0 radical (unpaired) electrons. The van der Waals surface area contributed by atoms with Crippen molar-refractivity contribution in [2.75, 3.05) is 0 Å². The molecule has 1 aliphatic rings. The lowest BCUT2D eigenvalue weighted by Crippen LogP contribution is -2.74. The highest BCUT2D eigenvalue weighted by molar-refractivity contribution is 5.72. The number of carbonyl (C=O) groups excluding carboxylic acids is 1. The van der Waals surface area contributed by atoms with Gasteiger partial charge in [0, 0.05) is 6.42 Å². The number of hydrazine groups is 1. The summed E-state index contributed by atoms with van der Waals surface area (Å²) in [6, 6.07) is 0. The highest BCUT2D eigenvalue weighted by Gasteiger charge is 2.95. The molecule has 0 aliphatic heterocycles. The number of nitrogens with one attached hydrogen (secondary N) is 2. The molecule has 0 bridgehead atoms. The summed E-state index contributed by atoms with van der Waals surface area (Å²) in [4.78, 5) is 22.4. The van der Waals surface area contributed by atoms with Crippen molar-refractivity contribution in [1.82, 2.24) is 10.9 Å². The van der Waals surface area contributed by atoms with E-state index in [0.717, 1.165) is 0 Å². The number of hydrogen-bond acceptors (Lipinski definition) is 3. The average molecular weight is 718 g/mol. The van der Waals surface area contributed by atoms with Gasteiger partial charge >= 0.3 is 59.8 Å². The number of rotatable bonds is 11. The fourth-order valence-corrected chi connectivity index (χ4v) is 4.70. The maximum Gasteiger partial charge on any atom is 0.460 e. The standard InChI is InChI=1S/C23H27F17N2O4/c1-15(2,3)11-6-4-10(5-7-11)12(46-14(45)42-41-13(43)44)8-9-16(24,25)17(26,27)18(28,29)19(30,31)20(32,33)21(34,35)22(36,37)23(38,39)40/h10-12,41H,4-9H2,1-3H3,(H,42,45)(H,43,44). The SMILES string of the molecule is CC(C)(C)C1CCC(C(CCC(F)(F)C(F)(F)C(F)(F)C(F)(F)C(F)(F)C(F)(F)C(F)(F)C(F)(F)F)OC(=O)NNC(=O)O)CC1. The van der Waals surface area contributed by atoms with Gasteiger partial charge in [0.05, 0.1) is 0 Å². The van der Waals surface area contributed by atoms with Gasteiger partial charge in [-0.25, -0.2) is 20.4 Å². The lowest BCUT2D eigenvalue weighted by molar-refractivity contribution is -0.461. The summed E-state index contributed by atoms with van der Waals surface area (Å²) in [6.45, 7) is 5.41. The van der Waals surface area contributed by atoms with Gasteiger partial charge in [-0.2, -0.15) is 74.6 Å². The van der Waals surface area contributed by atoms with Gasteiger partial charge in [-0.3, -0.25) is 0 Å². The van der Waals surface area contributed by atoms with Gasteiger partial charge in [0.1, 0.15) is 6.10 Å². The number of ether oxygens (including phenoxy) is 1. The number of halogens is 17. The predicted molar refractivity (Wildman–Crippen MR) is 119 cm³/mol. The first-order valence-electron chi connectivity index (χ1n) is 12.8. The molecular weight excluding hydrogens is 691 g/mol. The van der Waals surface area contributed by atoms with Crippen LogP contribution in [0.1, 0.15) is 59.3 Å². The Morgan fingerprint density at radius 3 is 1.41 bits per heavy atom. The van der Waals surface area contributed by atoms with Crippen molar-refractivity contribution in [3.8, 4) is 0 Å². The Bertz CT molecular complexity index is 1080. The number of carboxylic acid groups (broad SMARTS) is 1. The van der Waals surface area contributed by atoms with E-state index in [0.29, 0.717) is 0 Å². The van der Waals surface area contributed by atoms with Crippen molar-refractivity contribution in [2.24, 2.45) is 17.3 Å². The minimum Gasteiger partial charge on any atom is -0.464 e. The minimum absolute atomic E-state index is 0.0306. The highest BCUT2D eigenvalue weighted by Crippen LogP contribution is 2.64. The van der Waals surface area contributed by atoms with Gasteiger partial charge in [0.15, 0.2) is 0 Å². The maximum atomic E-state index is 14.5. The van der Waals surface area contributed by atoms with Crippen LogP contribution in [0.4, 0.5) is 84.2 Å². The average Bonchev–Trinajstić information content (AvgIpc) is 2.88. The Labute approximate surface area is 248 Å². The fourth-order valence-electron chi connectivity index (χ4n) is 4.70. The molecule has 0 heterocycles. The Hall–Kier alpha value is -2.65. The molecule has 2 amide bonds. The summed E-state index contributed by atoms with van der Waals surface area (Å²) >= 11 is 0. The Kier molecular flexibility index (Phi) is 11.5. The molecule has 1 saturated carbocycles. The van der Waals surface area contributed by atoms with Crippen molar-refractivity contribution >= 4 is 12.2 Å². The first-order valence-corrected chi connectivity index (χ1v) is 12.8. The Balaban J connectivity index is 3.41. The van der Waals surface area contributed by atoms with Crippen LogP contribution in [-0.4, -0.2) is 71.0 Å². The zero-order valence-corrected chi connectivity index (χ0v) is 23.6. The molecule has 0 aromatic carbocycles. The lowest BCUT2D eigenvalue weighted by Gasteiger charge is -2.43. The molecule has 1 aliphatic carbocycles. The third kappa shape index (κ3) is 7.40. The van der Waals surface area contributed by atoms with E-state index in [1.54, 1.807) is 20.8 Å². The second-order valence-electron chi connectivity index (χ2n) is 11.7. The second-order valence-corrected chi connectivity index (χ2v) is 11.7. The highest BCUT2D eigenvalue weighted by atomic mass is 19.4. The summed E-state index contributed by atoms with van der Waals surface area (Å²) in [5.41, 5.74) is 2.26. The summed E-state index contributed by atoms with van der Waals surface area (Å²) in [6.07, 6.45) is -17.5. The van der Waals surface area contributed by atoms with Crippen LogP contribution in [0.2, 0.25) is 0 Å². The van der Waals surface area contributed by atoms with Crippen molar-refractivity contribution < 1.29 is 94.1 Å². The summed E-state index contributed by atoms with van der Waals surface area (Å²) in [7, 11) is 0. The normalized spacial score (nSPS) is 20.6. The molecule has 0 saturated heterocycles. The molecule has 46 heavy (non-hydrogen) atoms. The van der Waals surface area contributed by atoms with Crippen LogP contribution in [0.3, 0.4) is 0 Å². The van der Waals surface area contributed by atoms with Gasteiger partial charge in [0.25, 0.3) is 0 Å². The number of hydrogen-bond donors (Lipinski definition) is 3. The fraction of sp³-hybridized carbons (Fsp3) is 0.913. The van der Waals surface area contributed by atoms with E-state index < -0.39 is 84.7 Å². The molecular formula is C23H27F17N2O4. The van der Waals surface area contributed by atoms with E-state index in [4.69, 9.17) is 9.84 Å². The number of amides is 2. The molecule has 0 aromatic heterocycles. The van der Waals surface area contributed by atoms with Gasteiger partial charge in [-0.15, -0.1) is 0 Å². The third-order valence-corrected chi connectivity index (χ3v) is 7.58. The van der Waals surface area contributed by atoms with Gasteiger partial charge in [-0.1, -0.05) is 20.8 Å². The smallest absolute Gasteiger partial charge is 0.460 e. The molecule has 1 rings (SSSR count). The molecule has 3 N–H and O–H groups in total. The van der Waals surface area contributed by atoms with Crippen LogP contribution >= 0.6 is 0 Å². The molecule has 1 unspecified atom stereocenters. The summed E-state index contributed by atoms with van der Waals surface area (Å²) in [5.74, 6) is -58.3. The van der Waals surface area contributed by atoms with Crippen LogP contribution in [0, 0.1) is 17.3 Å². The molecule has 23 heteroatoms. The first kappa shape index (κ1) is 41.4. The maximum absolute atomic E-state index is 14.5.